The van der Waals surface area contributed by atoms with Gasteiger partial charge in [0, 0.05) is 5.56 Å². The highest BCUT2D eigenvalue weighted by Gasteiger charge is 2.53. The van der Waals surface area contributed by atoms with Crippen LogP contribution in [0.25, 0.3) is 0 Å². The van der Waals surface area contributed by atoms with Crippen LogP contribution < -0.4 is 0 Å². The first-order chi connectivity index (χ1) is 8.90. The van der Waals surface area contributed by atoms with Gasteiger partial charge in [0.1, 0.15) is 30.2 Å². The third kappa shape index (κ3) is 2.32. The molecule has 0 bridgehead atoms. The van der Waals surface area contributed by atoms with Crippen LogP contribution in [0.3, 0.4) is 0 Å². The number of rotatable bonds is 2. The molecule has 0 amide bonds. The molecule has 7 nitrogen and oxygen atoms in total. The van der Waals surface area contributed by atoms with Crippen molar-refractivity contribution < 1.29 is 35.4 Å². The van der Waals surface area contributed by atoms with E-state index in [4.69, 9.17) is 9.84 Å². The van der Waals surface area contributed by atoms with Crippen LogP contribution >= 0.6 is 0 Å². The summed E-state index contributed by atoms with van der Waals surface area (Å²) in [5.74, 6) is -2.32. The van der Waals surface area contributed by atoms with E-state index in [2.05, 4.69) is 0 Å². The predicted octanol–water partition coefficient (Wildman–Crippen LogP) is -1.99. The van der Waals surface area contributed by atoms with Crippen LogP contribution in [0, 0.1) is 0 Å². The van der Waals surface area contributed by atoms with E-state index in [1.54, 1.807) is 0 Å². The smallest absolute Gasteiger partial charge is 0.222 e. The maximum atomic E-state index is 10.4. The fourth-order valence-electron chi connectivity index (χ4n) is 2.09. The predicted molar refractivity (Wildman–Crippen MR) is 62.0 cm³/mol. The number of aromatic hydroxyl groups is 1. The monoisotopic (exact) mass is 272 g/mol. The molecule has 1 saturated heterocycles. The molecule has 1 aromatic carbocycles. The standard InChI is InChI=1S/C12H16O7/c13-5-8-9(15)10(16)11(17)12(18,19-8)6-1-3-7(14)4-2-6/h1-4,8-11,13-18H,5H2/t8-,9-,10-,11-,12-/m1/s1. The SMILES string of the molecule is OC[C@H]1O[C@](O)(c2ccc(O)cc2)[C@H](O)[C@H](O)[C@@H]1O. The lowest BCUT2D eigenvalue weighted by molar-refractivity contribution is -0.357. The molecule has 7 heteroatoms. The highest BCUT2D eigenvalue weighted by atomic mass is 16.7. The molecular formula is C12H16O7. The van der Waals surface area contributed by atoms with E-state index in [0.717, 1.165) is 0 Å². The van der Waals surface area contributed by atoms with Gasteiger partial charge in [-0.3, -0.25) is 0 Å². The number of aliphatic hydroxyl groups excluding tert-OH is 4. The molecule has 2 rings (SSSR count). The van der Waals surface area contributed by atoms with Crippen molar-refractivity contribution in [1.29, 1.82) is 0 Å². The van der Waals surface area contributed by atoms with Crippen LogP contribution in [0.1, 0.15) is 5.56 Å². The van der Waals surface area contributed by atoms with E-state index < -0.39 is 36.8 Å². The van der Waals surface area contributed by atoms with Crippen LogP contribution in [0.15, 0.2) is 24.3 Å². The highest BCUT2D eigenvalue weighted by molar-refractivity contribution is 5.30. The first-order valence-corrected chi connectivity index (χ1v) is 5.75. The van der Waals surface area contributed by atoms with Crippen molar-refractivity contribution in [3.8, 4) is 5.75 Å². The Bertz CT molecular complexity index is 432. The van der Waals surface area contributed by atoms with E-state index >= 15 is 0 Å². The Kier molecular flexibility index (Phi) is 3.77. The van der Waals surface area contributed by atoms with E-state index in [0.29, 0.717) is 0 Å². The summed E-state index contributed by atoms with van der Waals surface area (Å²) in [6.07, 6.45) is -6.23. The molecule has 5 atom stereocenters. The summed E-state index contributed by atoms with van der Waals surface area (Å²) in [5, 5.41) is 57.8. The van der Waals surface area contributed by atoms with E-state index in [1.807, 2.05) is 0 Å². The van der Waals surface area contributed by atoms with Gasteiger partial charge in [-0.2, -0.15) is 0 Å². The number of phenolic OH excluding ortho intramolecular Hbond substituents is 1. The topological polar surface area (TPSA) is 131 Å². The molecular weight excluding hydrogens is 256 g/mol. The Morgan fingerprint density at radius 1 is 1.05 bits per heavy atom. The lowest BCUT2D eigenvalue weighted by atomic mass is 9.88. The molecule has 0 spiro atoms. The fraction of sp³-hybridized carbons (Fsp3) is 0.500. The molecule has 0 saturated carbocycles. The first-order valence-electron chi connectivity index (χ1n) is 5.75. The zero-order valence-electron chi connectivity index (χ0n) is 9.92. The van der Waals surface area contributed by atoms with Crippen LogP contribution in [0.5, 0.6) is 5.75 Å². The molecule has 1 fully saturated rings. The van der Waals surface area contributed by atoms with Crippen LogP contribution in [0.2, 0.25) is 0 Å². The third-order valence-corrected chi connectivity index (χ3v) is 3.25. The summed E-state index contributed by atoms with van der Waals surface area (Å²) in [7, 11) is 0. The number of ether oxygens (including phenoxy) is 1. The highest BCUT2D eigenvalue weighted by Crippen LogP contribution is 2.36. The Morgan fingerprint density at radius 3 is 2.16 bits per heavy atom. The Balaban J connectivity index is 2.37. The number of benzene rings is 1. The summed E-state index contributed by atoms with van der Waals surface area (Å²) in [6.45, 7) is -0.634. The molecule has 1 heterocycles. The quantitative estimate of drug-likeness (QED) is 0.367. The van der Waals surface area contributed by atoms with Crippen molar-refractivity contribution in [1.82, 2.24) is 0 Å². The maximum absolute atomic E-state index is 10.4. The minimum absolute atomic E-state index is 0.0445. The van der Waals surface area contributed by atoms with Crippen molar-refractivity contribution in [2.45, 2.75) is 30.2 Å². The minimum atomic E-state index is -2.28. The van der Waals surface area contributed by atoms with Gasteiger partial charge in [0.15, 0.2) is 0 Å². The van der Waals surface area contributed by atoms with Gasteiger partial charge >= 0.3 is 0 Å². The number of phenols is 1. The first kappa shape index (κ1) is 14.2. The second-order valence-corrected chi connectivity index (χ2v) is 4.51. The Morgan fingerprint density at radius 2 is 1.63 bits per heavy atom. The molecule has 0 aliphatic carbocycles. The largest absolute Gasteiger partial charge is 0.508 e. The van der Waals surface area contributed by atoms with Gasteiger partial charge < -0.3 is 35.4 Å². The maximum Gasteiger partial charge on any atom is 0.222 e. The fourth-order valence-corrected chi connectivity index (χ4v) is 2.09. The van der Waals surface area contributed by atoms with Gasteiger partial charge in [0.25, 0.3) is 0 Å². The number of hydrogen-bond donors (Lipinski definition) is 6. The van der Waals surface area contributed by atoms with Crippen molar-refractivity contribution in [3.05, 3.63) is 29.8 Å². The van der Waals surface area contributed by atoms with Gasteiger partial charge in [-0.15, -0.1) is 0 Å². The minimum Gasteiger partial charge on any atom is -0.508 e. The number of aliphatic hydroxyl groups is 5. The zero-order valence-corrected chi connectivity index (χ0v) is 9.92. The average molecular weight is 272 g/mol. The third-order valence-electron chi connectivity index (χ3n) is 3.25. The van der Waals surface area contributed by atoms with Gasteiger partial charge in [-0.05, 0) is 24.3 Å². The van der Waals surface area contributed by atoms with Gasteiger partial charge in [-0.1, -0.05) is 0 Å². The van der Waals surface area contributed by atoms with E-state index in [9.17, 15) is 25.5 Å². The molecule has 1 aliphatic rings. The summed E-state index contributed by atoms with van der Waals surface area (Å²) in [6, 6.07) is 5.15. The van der Waals surface area contributed by atoms with Gasteiger partial charge in [-0.25, -0.2) is 0 Å². The molecule has 6 N–H and O–H groups in total. The second-order valence-electron chi connectivity index (χ2n) is 4.51. The summed E-state index contributed by atoms with van der Waals surface area (Å²) in [5.41, 5.74) is 0.0854. The van der Waals surface area contributed by atoms with Crippen molar-refractivity contribution in [2.24, 2.45) is 0 Å². The molecule has 1 aromatic rings. The summed E-state index contributed by atoms with van der Waals surface area (Å²) < 4.78 is 5.11. The lowest BCUT2D eigenvalue weighted by Crippen LogP contribution is -2.63. The van der Waals surface area contributed by atoms with Crippen molar-refractivity contribution >= 4 is 0 Å². The molecule has 1 aliphatic heterocycles. The van der Waals surface area contributed by atoms with Crippen molar-refractivity contribution in [3.63, 3.8) is 0 Å². The van der Waals surface area contributed by atoms with Gasteiger partial charge in [0.05, 0.1) is 6.61 Å². The lowest BCUT2D eigenvalue weighted by Gasteiger charge is -2.45. The van der Waals surface area contributed by atoms with Gasteiger partial charge in [0.2, 0.25) is 5.79 Å². The van der Waals surface area contributed by atoms with Crippen LogP contribution in [-0.4, -0.2) is 61.7 Å². The average Bonchev–Trinajstić information content (AvgIpc) is 2.41. The van der Waals surface area contributed by atoms with Crippen molar-refractivity contribution in [2.75, 3.05) is 6.61 Å². The Labute approximate surface area is 108 Å². The summed E-state index contributed by atoms with van der Waals surface area (Å²) in [4.78, 5) is 0. The van der Waals surface area contributed by atoms with E-state index in [1.165, 1.54) is 24.3 Å². The molecule has 0 unspecified atom stereocenters. The van der Waals surface area contributed by atoms with Crippen LogP contribution in [0.4, 0.5) is 0 Å². The molecule has 0 radical (unpaired) electrons. The number of hydrogen-bond acceptors (Lipinski definition) is 7. The molecule has 0 aromatic heterocycles. The Hall–Kier alpha value is -1.22. The van der Waals surface area contributed by atoms with E-state index in [-0.39, 0.29) is 11.3 Å². The molecule has 19 heavy (non-hydrogen) atoms. The second kappa shape index (κ2) is 5.04. The molecule has 106 valence electrons. The normalized spacial score (nSPS) is 39.2. The summed E-state index contributed by atoms with van der Waals surface area (Å²) >= 11 is 0. The van der Waals surface area contributed by atoms with Crippen LogP contribution in [-0.2, 0) is 10.5 Å². The zero-order chi connectivity index (χ0) is 14.2.